The number of imidazole rings is 1. The molecule has 0 aliphatic carbocycles. The normalized spacial score (nSPS) is 27.9. The minimum atomic E-state index is -5.70. The van der Waals surface area contributed by atoms with Crippen molar-refractivity contribution in [1.29, 1.82) is 0 Å². The summed E-state index contributed by atoms with van der Waals surface area (Å²) in [7, 11) is -16.7. The number of aromatic nitrogens is 4. The molecule has 1 saturated heterocycles. The molecule has 17 nitrogen and oxygen atoms in total. The Morgan fingerprint density at radius 2 is 1.88 bits per heavy atom. The van der Waals surface area contributed by atoms with Crippen LogP contribution in [0.1, 0.15) is 12.6 Å². The van der Waals surface area contributed by atoms with Crippen molar-refractivity contribution in [2.45, 2.75) is 23.9 Å². The standard InChI is InChI=1S/C10H15ClFN6O11P3/c11-10(12)1-4(2-26-31(22,23)29-32(24,25)28-30(19,20)21)27-8(10)18-3-15-5-6(13)16-9(14)17-7(5)18/h3-4,8H,1-2H2,(H,22,23)(H,24,25)(H2,19,20,21)(H4,13,14,16,17). The van der Waals surface area contributed by atoms with Gasteiger partial charge in [0, 0.05) is 6.42 Å². The van der Waals surface area contributed by atoms with Gasteiger partial charge in [-0.3, -0.25) is 9.09 Å². The third kappa shape index (κ3) is 5.99. The zero-order valence-electron chi connectivity index (χ0n) is 15.3. The summed E-state index contributed by atoms with van der Waals surface area (Å²) in [6, 6.07) is 0. The number of nitrogen functional groups attached to an aromatic ring is 2. The predicted octanol–water partition coefficient (Wildman–Crippen LogP) is 0.526. The lowest BCUT2D eigenvalue weighted by atomic mass is 10.2. The lowest BCUT2D eigenvalue weighted by Crippen LogP contribution is -2.24. The van der Waals surface area contributed by atoms with Gasteiger partial charge in [0.1, 0.15) is 5.52 Å². The summed E-state index contributed by atoms with van der Waals surface area (Å²) in [5, 5.41) is -2.60. The number of phosphoric ester groups is 1. The van der Waals surface area contributed by atoms with Gasteiger partial charge in [0.2, 0.25) is 11.1 Å². The third-order valence-electron chi connectivity index (χ3n) is 3.74. The number of nitrogens with zero attached hydrogens (tertiary/aromatic N) is 4. The minimum absolute atomic E-state index is 0.0174. The van der Waals surface area contributed by atoms with E-state index in [0.29, 0.717) is 0 Å². The Morgan fingerprint density at radius 1 is 1.22 bits per heavy atom. The Balaban J connectivity index is 1.72. The molecule has 32 heavy (non-hydrogen) atoms. The molecule has 1 aliphatic rings. The molecule has 2 aromatic heterocycles. The van der Waals surface area contributed by atoms with Gasteiger partial charge in [0.05, 0.1) is 19.0 Å². The summed E-state index contributed by atoms with van der Waals surface area (Å²) in [6.07, 6.45) is -2.40. The summed E-state index contributed by atoms with van der Waals surface area (Å²) >= 11 is 5.87. The van der Waals surface area contributed by atoms with Crippen LogP contribution in [0.25, 0.3) is 11.2 Å². The van der Waals surface area contributed by atoms with Crippen LogP contribution in [0.3, 0.4) is 0 Å². The van der Waals surface area contributed by atoms with Crippen LogP contribution in [0.5, 0.6) is 0 Å². The van der Waals surface area contributed by atoms with E-state index < -0.39 is 54.0 Å². The molecule has 2 aromatic rings. The molecule has 0 bridgehead atoms. The molecule has 22 heteroatoms. The molecule has 0 saturated carbocycles. The highest BCUT2D eigenvalue weighted by Gasteiger charge is 2.51. The first-order valence-corrected chi connectivity index (χ1v) is 13.0. The van der Waals surface area contributed by atoms with Crippen molar-refractivity contribution >= 4 is 58.0 Å². The Hall–Kier alpha value is -1.26. The molecular formula is C10H15ClFN6O11P3. The summed E-state index contributed by atoms with van der Waals surface area (Å²) in [4.78, 5) is 47.1. The molecular weight excluding hydrogens is 528 g/mol. The van der Waals surface area contributed by atoms with Crippen molar-refractivity contribution in [3.8, 4) is 0 Å². The van der Waals surface area contributed by atoms with Crippen molar-refractivity contribution in [3.05, 3.63) is 6.33 Å². The topological polar surface area (TPSA) is 265 Å². The van der Waals surface area contributed by atoms with Gasteiger partial charge in [0.25, 0.3) is 0 Å². The zero-order chi connectivity index (χ0) is 24.1. The van der Waals surface area contributed by atoms with Gasteiger partial charge in [-0.1, -0.05) is 11.6 Å². The van der Waals surface area contributed by atoms with E-state index in [9.17, 15) is 23.0 Å². The maximum atomic E-state index is 15.0. The van der Waals surface area contributed by atoms with Gasteiger partial charge in [0.15, 0.2) is 17.7 Å². The second kappa shape index (κ2) is 8.51. The number of rotatable bonds is 8. The van der Waals surface area contributed by atoms with E-state index in [2.05, 4.69) is 28.1 Å². The van der Waals surface area contributed by atoms with Gasteiger partial charge in [-0.2, -0.15) is 18.6 Å². The fourth-order valence-electron chi connectivity index (χ4n) is 2.71. The van der Waals surface area contributed by atoms with Crippen LogP contribution in [0.4, 0.5) is 16.2 Å². The Labute approximate surface area is 181 Å². The number of hydrogen-bond acceptors (Lipinski definition) is 12. The average Bonchev–Trinajstić information content (AvgIpc) is 3.09. The fraction of sp³-hybridized carbons (Fsp3) is 0.500. The smallest absolute Gasteiger partial charge is 0.382 e. The van der Waals surface area contributed by atoms with Gasteiger partial charge in [-0.15, -0.1) is 0 Å². The van der Waals surface area contributed by atoms with Crippen LogP contribution in [-0.2, 0) is 31.6 Å². The number of phosphoric acid groups is 3. The summed E-state index contributed by atoms with van der Waals surface area (Å²) in [5.74, 6) is -0.328. The highest BCUT2D eigenvalue weighted by molar-refractivity contribution is 7.66. The summed E-state index contributed by atoms with van der Waals surface area (Å²) < 4.78 is 66.7. The monoisotopic (exact) mass is 542 g/mol. The lowest BCUT2D eigenvalue weighted by molar-refractivity contribution is -0.0417. The maximum absolute atomic E-state index is 15.0. The first-order valence-electron chi connectivity index (χ1n) is 8.05. The molecule has 1 aliphatic heterocycles. The Morgan fingerprint density at radius 3 is 2.50 bits per heavy atom. The minimum Gasteiger partial charge on any atom is -0.382 e. The van der Waals surface area contributed by atoms with E-state index in [1.165, 1.54) is 0 Å². The highest BCUT2D eigenvalue weighted by Crippen LogP contribution is 2.66. The van der Waals surface area contributed by atoms with Crippen LogP contribution in [0.15, 0.2) is 6.33 Å². The highest BCUT2D eigenvalue weighted by atomic mass is 35.5. The van der Waals surface area contributed by atoms with Crippen molar-refractivity contribution < 1.29 is 55.5 Å². The number of nitrogens with two attached hydrogens (primary N) is 2. The van der Waals surface area contributed by atoms with Gasteiger partial charge >= 0.3 is 23.5 Å². The van der Waals surface area contributed by atoms with E-state index in [1.807, 2.05) is 0 Å². The molecule has 0 amide bonds. The Bertz CT molecular complexity index is 1170. The second-order valence-electron chi connectivity index (χ2n) is 6.25. The van der Waals surface area contributed by atoms with Crippen LogP contribution < -0.4 is 11.5 Å². The van der Waals surface area contributed by atoms with E-state index in [-0.39, 0.29) is 22.9 Å². The molecule has 1 fully saturated rings. The van der Waals surface area contributed by atoms with Gasteiger partial charge in [-0.05, 0) is 0 Å². The average molecular weight is 543 g/mol. The number of fused-ring (bicyclic) bond motifs is 1. The molecule has 0 aromatic carbocycles. The van der Waals surface area contributed by atoms with Crippen LogP contribution in [0.2, 0.25) is 0 Å². The van der Waals surface area contributed by atoms with Crippen molar-refractivity contribution in [2.75, 3.05) is 18.1 Å². The number of halogens is 2. The molecule has 0 radical (unpaired) electrons. The van der Waals surface area contributed by atoms with Crippen LogP contribution in [0, 0.1) is 0 Å². The van der Waals surface area contributed by atoms with E-state index >= 15 is 0 Å². The van der Waals surface area contributed by atoms with Gasteiger partial charge in [-0.25, -0.2) is 23.1 Å². The van der Waals surface area contributed by atoms with Crippen molar-refractivity contribution in [1.82, 2.24) is 19.5 Å². The molecule has 8 N–H and O–H groups in total. The molecule has 3 heterocycles. The first kappa shape index (κ1) is 25.4. The number of ether oxygens (including phenoxy) is 1. The third-order valence-corrected chi connectivity index (χ3v) is 7.88. The summed E-state index contributed by atoms with van der Waals surface area (Å²) in [5.41, 5.74) is 11.3. The quantitative estimate of drug-likeness (QED) is 0.196. The molecule has 3 rings (SSSR count). The fourth-order valence-corrected chi connectivity index (χ4v) is 6.09. The van der Waals surface area contributed by atoms with Crippen LogP contribution >= 0.6 is 35.1 Å². The maximum Gasteiger partial charge on any atom is 0.490 e. The molecule has 5 unspecified atom stereocenters. The van der Waals surface area contributed by atoms with E-state index in [0.717, 1.165) is 10.9 Å². The van der Waals surface area contributed by atoms with Gasteiger partial charge < -0.3 is 35.8 Å². The number of alkyl halides is 2. The van der Waals surface area contributed by atoms with E-state index in [4.69, 9.17) is 42.5 Å². The second-order valence-corrected chi connectivity index (χ2v) is 11.3. The number of hydrogen-bond donors (Lipinski definition) is 6. The molecule has 5 atom stereocenters. The number of anilines is 2. The SMILES string of the molecule is Nc1nc(N)c2ncn(C3OC(COP(=O)(O)OP(=O)(O)OP(=O)(O)O)CC3(F)Cl)c2n1. The van der Waals surface area contributed by atoms with Crippen molar-refractivity contribution in [2.24, 2.45) is 0 Å². The first-order chi connectivity index (χ1) is 14.5. The summed E-state index contributed by atoms with van der Waals surface area (Å²) in [6.45, 7) is -0.898. The van der Waals surface area contributed by atoms with Crippen LogP contribution in [-0.4, -0.2) is 56.9 Å². The lowest BCUT2D eigenvalue weighted by Gasteiger charge is -2.20. The molecule has 180 valence electrons. The predicted molar refractivity (Wildman–Crippen MR) is 102 cm³/mol. The molecule has 0 spiro atoms. The largest absolute Gasteiger partial charge is 0.490 e. The van der Waals surface area contributed by atoms with E-state index in [1.54, 1.807) is 0 Å². The zero-order valence-corrected chi connectivity index (χ0v) is 18.8. The Kier molecular flexibility index (Phi) is 6.74. The van der Waals surface area contributed by atoms with Crippen molar-refractivity contribution in [3.63, 3.8) is 0 Å².